The molecule has 3 aliphatic rings. The Kier molecular flexibility index (Phi) is 3.66. The fourth-order valence-electron chi connectivity index (χ4n) is 4.10. The van der Waals surface area contributed by atoms with E-state index in [9.17, 15) is 9.59 Å². The van der Waals surface area contributed by atoms with Gasteiger partial charge in [-0.2, -0.15) is 0 Å². The maximum atomic E-state index is 13.2. The number of carbonyl (C=O) groups is 2. The quantitative estimate of drug-likeness (QED) is 0.535. The van der Waals surface area contributed by atoms with Gasteiger partial charge in [0.1, 0.15) is 0 Å². The molecule has 2 aromatic carbocycles. The minimum Gasteiger partial charge on any atom is -0.270 e. The predicted octanol–water partition coefficient (Wildman–Crippen LogP) is 5.22. The van der Waals surface area contributed by atoms with Crippen molar-refractivity contribution < 1.29 is 9.59 Å². The van der Waals surface area contributed by atoms with Gasteiger partial charge in [-0.25, -0.2) is 0 Å². The van der Waals surface area contributed by atoms with Gasteiger partial charge < -0.3 is 0 Å². The standard InChI is InChI=1S/C23H19NO2S/c1-13(2)10-11-24-22(25)16-8-5-7-15-20(16)18(23(24)26)12-17-14-6-3-4-9-19(14)27-21(15)17/h3-8,10,12,19H,9,11H2,1-2H3. The molecule has 2 heterocycles. The largest absolute Gasteiger partial charge is 0.270 e. The molecule has 1 aliphatic carbocycles. The van der Waals surface area contributed by atoms with Crippen molar-refractivity contribution in [3.63, 3.8) is 0 Å². The molecule has 0 aromatic heterocycles. The molecule has 4 heteroatoms. The molecule has 1 unspecified atom stereocenters. The Balaban J connectivity index is 1.76. The molecule has 2 aliphatic heterocycles. The number of allylic oxidation sites excluding steroid dienone is 4. The van der Waals surface area contributed by atoms with Crippen molar-refractivity contribution in [1.82, 2.24) is 4.90 Å². The molecule has 3 nitrogen and oxygen atoms in total. The van der Waals surface area contributed by atoms with Gasteiger partial charge in [0.15, 0.2) is 0 Å². The Morgan fingerprint density at radius 1 is 1.19 bits per heavy atom. The van der Waals surface area contributed by atoms with Crippen LogP contribution < -0.4 is 0 Å². The van der Waals surface area contributed by atoms with Crippen molar-refractivity contribution in [1.29, 1.82) is 0 Å². The summed E-state index contributed by atoms with van der Waals surface area (Å²) < 4.78 is 0. The van der Waals surface area contributed by atoms with E-state index in [0.29, 0.717) is 22.9 Å². The molecule has 2 aromatic rings. The minimum absolute atomic E-state index is 0.190. The van der Waals surface area contributed by atoms with Crippen LogP contribution in [0.5, 0.6) is 0 Å². The van der Waals surface area contributed by atoms with Crippen LogP contribution in [-0.2, 0) is 0 Å². The van der Waals surface area contributed by atoms with Gasteiger partial charge >= 0.3 is 0 Å². The van der Waals surface area contributed by atoms with Crippen LogP contribution >= 0.6 is 11.8 Å². The SMILES string of the molecule is CC(C)=CCN1C(=O)c2cccc3c4c(cc(c23)C1=O)C1=CC=CCC1S4. The molecule has 1 atom stereocenters. The third-order valence-corrected chi connectivity index (χ3v) is 6.83. The highest BCUT2D eigenvalue weighted by atomic mass is 32.2. The maximum Gasteiger partial charge on any atom is 0.261 e. The first-order valence-corrected chi connectivity index (χ1v) is 10.1. The van der Waals surface area contributed by atoms with Crippen molar-refractivity contribution in [2.45, 2.75) is 30.4 Å². The number of rotatable bonds is 2. The monoisotopic (exact) mass is 373 g/mol. The van der Waals surface area contributed by atoms with E-state index >= 15 is 0 Å². The number of thioether (sulfide) groups is 1. The van der Waals surface area contributed by atoms with E-state index in [4.69, 9.17) is 0 Å². The molecule has 134 valence electrons. The van der Waals surface area contributed by atoms with E-state index in [2.05, 4.69) is 18.2 Å². The van der Waals surface area contributed by atoms with Crippen LogP contribution in [-0.4, -0.2) is 28.5 Å². The van der Waals surface area contributed by atoms with E-state index in [0.717, 1.165) is 28.3 Å². The fraction of sp³-hybridized carbons (Fsp3) is 0.217. The van der Waals surface area contributed by atoms with Crippen LogP contribution in [0, 0.1) is 0 Å². The van der Waals surface area contributed by atoms with Crippen LogP contribution in [0.25, 0.3) is 16.3 Å². The van der Waals surface area contributed by atoms with Crippen LogP contribution in [0.15, 0.2) is 59.0 Å². The second kappa shape index (κ2) is 5.96. The van der Waals surface area contributed by atoms with Crippen LogP contribution in [0.1, 0.15) is 46.5 Å². The van der Waals surface area contributed by atoms with E-state index < -0.39 is 0 Å². The summed E-state index contributed by atoms with van der Waals surface area (Å²) in [5, 5.41) is 2.25. The van der Waals surface area contributed by atoms with Crippen LogP contribution in [0.2, 0.25) is 0 Å². The molecule has 0 spiro atoms. The number of hydrogen-bond donors (Lipinski definition) is 0. The predicted molar refractivity (Wildman–Crippen MR) is 110 cm³/mol. The number of fused-ring (bicyclic) bond motifs is 4. The second-order valence-corrected chi connectivity index (χ2v) is 8.64. The Bertz CT molecular complexity index is 1120. The number of hydrogen-bond acceptors (Lipinski definition) is 3. The summed E-state index contributed by atoms with van der Waals surface area (Å²) in [7, 11) is 0. The highest BCUT2D eigenvalue weighted by Gasteiger charge is 2.37. The smallest absolute Gasteiger partial charge is 0.261 e. The average molecular weight is 373 g/mol. The summed E-state index contributed by atoms with van der Waals surface area (Å²) in [6, 6.07) is 7.84. The molecular formula is C23H19NO2S. The number of benzene rings is 2. The van der Waals surface area contributed by atoms with Crippen molar-refractivity contribution in [3.05, 3.63) is 70.8 Å². The lowest BCUT2D eigenvalue weighted by atomic mass is 9.88. The van der Waals surface area contributed by atoms with Crippen molar-refractivity contribution in [3.8, 4) is 0 Å². The Hall–Kier alpha value is -2.59. The zero-order chi connectivity index (χ0) is 18.7. The number of imide groups is 1. The van der Waals surface area contributed by atoms with Crippen LogP contribution in [0.3, 0.4) is 0 Å². The van der Waals surface area contributed by atoms with Gasteiger partial charge in [-0.05, 0) is 48.9 Å². The first kappa shape index (κ1) is 16.6. The Morgan fingerprint density at radius 3 is 2.81 bits per heavy atom. The molecule has 0 saturated carbocycles. The van der Waals surface area contributed by atoms with E-state index in [-0.39, 0.29) is 11.8 Å². The lowest BCUT2D eigenvalue weighted by Crippen LogP contribution is -2.40. The fourth-order valence-corrected chi connectivity index (χ4v) is 5.52. The van der Waals surface area contributed by atoms with E-state index in [1.807, 2.05) is 56.0 Å². The number of carbonyl (C=O) groups excluding carboxylic acids is 2. The first-order chi connectivity index (χ1) is 13.1. The van der Waals surface area contributed by atoms with Gasteiger partial charge in [0.05, 0.1) is 0 Å². The van der Waals surface area contributed by atoms with Gasteiger partial charge in [0, 0.05) is 33.2 Å². The topological polar surface area (TPSA) is 37.4 Å². The molecule has 5 rings (SSSR count). The molecule has 2 amide bonds. The normalized spacial score (nSPS) is 19.9. The minimum atomic E-state index is -0.197. The molecule has 0 bridgehead atoms. The molecule has 0 radical (unpaired) electrons. The van der Waals surface area contributed by atoms with E-state index in [1.165, 1.54) is 15.4 Å². The van der Waals surface area contributed by atoms with Gasteiger partial charge in [-0.15, -0.1) is 11.8 Å². The maximum absolute atomic E-state index is 13.2. The first-order valence-electron chi connectivity index (χ1n) is 9.19. The highest BCUT2D eigenvalue weighted by molar-refractivity contribution is 8.01. The Labute approximate surface area is 162 Å². The third-order valence-electron chi connectivity index (χ3n) is 5.42. The summed E-state index contributed by atoms with van der Waals surface area (Å²) in [5.74, 6) is -0.388. The second-order valence-electron chi connectivity index (χ2n) is 7.42. The Morgan fingerprint density at radius 2 is 2.00 bits per heavy atom. The summed E-state index contributed by atoms with van der Waals surface area (Å²) in [5.41, 5.74) is 4.82. The summed E-state index contributed by atoms with van der Waals surface area (Å²) in [4.78, 5) is 28.8. The van der Waals surface area contributed by atoms with E-state index in [1.54, 1.807) is 0 Å². The summed E-state index contributed by atoms with van der Waals surface area (Å²) in [6.45, 7) is 4.26. The third kappa shape index (κ3) is 2.36. The molecule has 0 N–H and O–H groups in total. The van der Waals surface area contributed by atoms with Gasteiger partial charge in [0.2, 0.25) is 0 Å². The van der Waals surface area contributed by atoms with Crippen LogP contribution in [0.4, 0.5) is 0 Å². The van der Waals surface area contributed by atoms with Gasteiger partial charge in [-0.1, -0.05) is 42.0 Å². The summed E-state index contributed by atoms with van der Waals surface area (Å²) in [6.07, 6.45) is 9.38. The van der Waals surface area contributed by atoms with Gasteiger partial charge in [-0.3, -0.25) is 14.5 Å². The molecule has 0 fully saturated rings. The average Bonchev–Trinajstić information content (AvgIpc) is 3.04. The zero-order valence-corrected chi connectivity index (χ0v) is 16.1. The lowest BCUT2D eigenvalue weighted by molar-refractivity contribution is 0.0628. The molecular weight excluding hydrogens is 354 g/mol. The number of nitrogens with zero attached hydrogens (tertiary/aromatic N) is 1. The lowest BCUT2D eigenvalue weighted by Gasteiger charge is -2.27. The van der Waals surface area contributed by atoms with Crippen molar-refractivity contribution in [2.24, 2.45) is 0 Å². The van der Waals surface area contributed by atoms with Crippen molar-refractivity contribution >= 4 is 39.9 Å². The number of amides is 2. The summed E-state index contributed by atoms with van der Waals surface area (Å²) >= 11 is 1.85. The molecule has 27 heavy (non-hydrogen) atoms. The van der Waals surface area contributed by atoms with Gasteiger partial charge in [0.25, 0.3) is 11.8 Å². The van der Waals surface area contributed by atoms with Crippen molar-refractivity contribution in [2.75, 3.05) is 6.54 Å². The molecule has 0 saturated heterocycles. The zero-order valence-electron chi connectivity index (χ0n) is 15.3. The highest BCUT2D eigenvalue weighted by Crippen LogP contribution is 2.52.